The number of carbonyl (C=O) groups excluding carboxylic acids is 2. The van der Waals surface area contributed by atoms with Gasteiger partial charge in [-0.25, -0.2) is 0 Å². The van der Waals surface area contributed by atoms with E-state index in [4.69, 9.17) is 0 Å². The van der Waals surface area contributed by atoms with E-state index >= 15 is 0 Å². The number of carbonyl (C=O) groups is 2. The third-order valence-corrected chi connectivity index (χ3v) is 5.86. The highest BCUT2D eigenvalue weighted by atomic mass is 16.2. The van der Waals surface area contributed by atoms with Gasteiger partial charge in [-0.2, -0.15) is 5.10 Å². The highest BCUT2D eigenvalue weighted by Gasteiger charge is 2.20. The molecule has 1 aliphatic rings. The summed E-state index contributed by atoms with van der Waals surface area (Å²) >= 11 is 0. The third-order valence-electron chi connectivity index (χ3n) is 5.86. The second-order valence-corrected chi connectivity index (χ2v) is 7.98. The molecule has 2 amide bonds. The Bertz CT molecular complexity index is 1060. The summed E-state index contributed by atoms with van der Waals surface area (Å²) in [5.74, 6) is 0.00627. The van der Waals surface area contributed by atoms with Crippen molar-refractivity contribution in [3.05, 3.63) is 88.7 Å². The van der Waals surface area contributed by atoms with E-state index < -0.39 is 0 Å². The molecule has 160 valence electrons. The number of hydrogen-bond donors (Lipinski definition) is 1. The van der Waals surface area contributed by atoms with Gasteiger partial charge in [0.05, 0.1) is 18.3 Å². The molecule has 1 N–H and O–H groups in total. The fourth-order valence-electron chi connectivity index (χ4n) is 3.99. The van der Waals surface area contributed by atoms with Crippen molar-refractivity contribution < 1.29 is 9.59 Å². The third kappa shape index (κ3) is 5.02. The van der Waals surface area contributed by atoms with Crippen LogP contribution in [0, 0.1) is 6.92 Å². The Morgan fingerprint density at radius 3 is 2.58 bits per heavy atom. The molecule has 0 spiro atoms. The van der Waals surface area contributed by atoms with Crippen LogP contribution in [0.25, 0.3) is 0 Å². The average Bonchev–Trinajstić information content (AvgIpc) is 3.16. The summed E-state index contributed by atoms with van der Waals surface area (Å²) < 4.78 is 1.84. The van der Waals surface area contributed by atoms with Crippen LogP contribution in [-0.2, 0) is 24.3 Å². The smallest absolute Gasteiger partial charge is 0.254 e. The SMILES string of the molecule is Cc1c(C(=O)NCCCC(=O)N2CCc3ccccc3C2)cnn1Cc1ccccc1. The molecule has 0 radical (unpaired) electrons. The van der Waals surface area contributed by atoms with Crippen molar-refractivity contribution in [3.63, 3.8) is 0 Å². The average molecular weight is 417 g/mol. The number of rotatable bonds is 7. The molecule has 0 saturated heterocycles. The van der Waals surface area contributed by atoms with Gasteiger partial charge in [0.1, 0.15) is 0 Å². The molecule has 0 aliphatic carbocycles. The van der Waals surface area contributed by atoms with Gasteiger partial charge in [0.15, 0.2) is 0 Å². The first-order valence-corrected chi connectivity index (χ1v) is 10.8. The molecule has 6 nitrogen and oxygen atoms in total. The largest absolute Gasteiger partial charge is 0.352 e. The van der Waals surface area contributed by atoms with Crippen LogP contribution in [0.5, 0.6) is 0 Å². The fraction of sp³-hybridized carbons (Fsp3) is 0.320. The Morgan fingerprint density at radius 1 is 1.03 bits per heavy atom. The summed E-state index contributed by atoms with van der Waals surface area (Å²) in [7, 11) is 0. The Labute approximate surface area is 182 Å². The van der Waals surface area contributed by atoms with Crippen molar-refractivity contribution in [2.24, 2.45) is 0 Å². The van der Waals surface area contributed by atoms with E-state index in [1.54, 1.807) is 6.20 Å². The van der Waals surface area contributed by atoms with Gasteiger partial charge in [-0.1, -0.05) is 54.6 Å². The first-order chi connectivity index (χ1) is 15.1. The van der Waals surface area contributed by atoms with Gasteiger partial charge < -0.3 is 10.2 Å². The molecule has 2 heterocycles. The molecular weight excluding hydrogens is 388 g/mol. The molecule has 0 fully saturated rings. The highest BCUT2D eigenvalue weighted by Crippen LogP contribution is 2.19. The Kier molecular flexibility index (Phi) is 6.46. The van der Waals surface area contributed by atoms with E-state index in [1.165, 1.54) is 11.1 Å². The van der Waals surface area contributed by atoms with Gasteiger partial charge in [-0.15, -0.1) is 0 Å². The van der Waals surface area contributed by atoms with Gasteiger partial charge >= 0.3 is 0 Å². The zero-order chi connectivity index (χ0) is 21.6. The van der Waals surface area contributed by atoms with E-state index in [0.29, 0.717) is 38.0 Å². The van der Waals surface area contributed by atoms with Gasteiger partial charge in [-0.05, 0) is 36.5 Å². The normalized spacial score (nSPS) is 13.0. The van der Waals surface area contributed by atoms with Gasteiger partial charge in [0.25, 0.3) is 5.91 Å². The van der Waals surface area contributed by atoms with Crippen LogP contribution in [0.4, 0.5) is 0 Å². The second kappa shape index (κ2) is 9.60. The van der Waals surface area contributed by atoms with Gasteiger partial charge in [0.2, 0.25) is 5.91 Å². The van der Waals surface area contributed by atoms with Crippen molar-refractivity contribution in [1.82, 2.24) is 20.0 Å². The minimum absolute atomic E-state index is 0.142. The molecule has 0 saturated carbocycles. The molecule has 4 rings (SSSR count). The van der Waals surface area contributed by atoms with Crippen LogP contribution < -0.4 is 5.32 Å². The Balaban J connectivity index is 1.23. The highest BCUT2D eigenvalue weighted by molar-refractivity contribution is 5.95. The van der Waals surface area contributed by atoms with Crippen LogP contribution in [0.15, 0.2) is 60.8 Å². The number of benzene rings is 2. The number of aromatic nitrogens is 2. The standard InChI is InChI=1S/C25H28N4O2/c1-19-23(16-27-29(19)17-20-8-3-2-4-9-20)25(31)26-14-7-12-24(30)28-15-13-21-10-5-6-11-22(21)18-28/h2-6,8-11,16H,7,12-15,17-18H2,1H3,(H,26,31). The van der Waals surface area contributed by atoms with E-state index in [0.717, 1.165) is 24.2 Å². The predicted molar refractivity (Wildman–Crippen MR) is 120 cm³/mol. The first kappa shape index (κ1) is 20.8. The molecule has 2 aromatic carbocycles. The summed E-state index contributed by atoms with van der Waals surface area (Å²) in [6.07, 6.45) is 3.59. The lowest BCUT2D eigenvalue weighted by molar-refractivity contribution is -0.132. The summed E-state index contributed by atoms with van der Waals surface area (Å²) in [6.45, 7) is 4.46. The van der Waals surface area contributed by atoms with Crippen LogP contribution in [-0.4, -0.2) is 39.6 Å². The molecule has 6 heteroatoms. The van der Waals surface area contributed by atoms with Crippen LogP contribution in [0.3, 0.4) is 0 Å². The molecule has 0 unspecified atom stereocenters. The molecular formula is C25H28N4O2. The molecule has 0 atom stereocenters. The van der Waals surface area contributed by atoms with Crippen LogP contribution >= 0.6 is 0 Å². The molecule has 1 aliphatic heterocycles. The van der Waals surface area contributed by atoms with Crippen LogP contribution in [0.2, 0.25) is 0 Å². The maximum absolute atomic E-state index is 12.6. The number of hydrogen-bond acceptors (Lipinski definition) is 3. The van der Waals surface area contributed by atoms with Crippen molar-refractivity contribution in [2.75, 3.05) is 13.1 Å². The monoisotopic (exact) mass is 416 g/mol. The summed E-state index contributed by atoms with van der Waals surface area (Å²) in [4.78, 5) is 27.0. The lowest BCUT2D eigenvalue weighted by Gasteiger charge is -2.29. The summed E-state index contributed by atoms with van der Waals surface area (Å²) in [6, 6.07) is 18.3. The maximum atomic E-state index is 12.6. The fourth-order valence-corrected chi connectivity index (χ4v) is 3.99. The zero-order valence-corrected chi connectivity index (χ0v) is 17.9. The quantitative estimate of drug-likeness (QED) is 0.601. The zero-order valence-electron chi connectivity index (χ0n) is 17.9. The number of fused-ring (bicyclic) bond motifs is 1. The van der Waals surface area contributed by atoms with Crippen LogP contribution in [0.1, 0.15) is 45.6 Å². The van der Waals surface area contributed by atoms with E-state index in [9.17, 15) is 9.59 Å². The van der Waals surface area contributed by atoms with E-state index in [-0.39, 0.29) is 11.8 Å². The second-order valence-electron chi connectivity index (χ2n) is 7.98. The van der Waals surface area contributed by atoms with Crippen molar-refractivity contribution >= 4 is 11.8 Å². The number of nitrogens with one attached hydrogen (secondary N) is 1. The van der Waals surface area contributed by atoms with Gasteiger partial charge in [0, 0.05) is 31.7 Å². The molecule has 31 heavy (non-hydrogen) atoms. The summed E-state index contributed by atoms with van der Waals surface area (Å²) in [5.41, 5.74) is 5.12. The lowest BCUT2D eigenvalue weighted by atomic mass is 9.99. The number of amides is 2. The molecule has 3 aromatic rings. The van der Waals surface area contributed by atoms with Gasteiger partial charge in [-0.3, -0.25) is 14.3 Å². The Morgan fingerprint density at radius 2 is 1.77 bits per heavy atom. The lowest BCUT2D eigenvalue weighted by Crippen LogP contribution is -2.36. The topological polar surface area (TPSA) is 67.2 Å². The minimum Gasteiger partial charge on any atom is -0.352 e. The van der Waals surface area contributed by atoms with Crippen molar-refractivity contribution in [3.8, 4) is 0 Å². The maximum Gasteiger partial charge on any atom is 0.254 e. The van der Waals surface area contributed by atoms with Crippen molar-refractivity contribution in [2.45, 2.75) is 39.3 Å². The minimum atomic E-state index is -0.142. The Hall–Kier alpha value is -3.41. The molecule has 1 aromatic heterocycles. The van der Waals surface area contributed by atoms with E-state index in [1.807, 2.05) is 59.0 Å². The van der Waals surface area contributed by atoms with Crippen molar-refractivity contribution in [1.29, 1.82) is 0 Å². The number of nitrogens with zero attached hydrogens (tertiary/aromatic N) is 3. The molecule has 0 bridgehead atoms. The predicted octanol–water partition coefficient (Wildman–Crippen LogP) is 3.33. The summed E-state index contributed by atoms with van der Waals surface area (Å²) in [5, 5.41) is 7.29. The first-order valence-electron chi connectivity index (χ1n) is 10.8. The van der Waals surface area contributed by atoms with E-state index in [2.05, 4.69) is 22.5 Å².